The lowest BCUT2D eigenvalue weighted by Crippen LogP contribution is -2.29. The largest absolute Gasteiger partial charge is 0.455 e. The Bertz CT molecular complexity index is 154. The molecular formula is C5H8ClNO4. The quantitative estimate of drug-likeness (QED) is 0.377. The molecular weight excluding hydrogens is 174 g/mol. The number of esters is 2. The summed E-state index contributed by atoms with van der Waals surface area (Å²) < 4.78 is 8.78. The number of halogens is 1. The number of carbonyl (C=O) groups excluding carboxylic acids is 2. The smallest absolute Gasteiger partial charge is 0.417 e. The lowest BCUT2D eigenvalue weighted by Gasteiger charge is -2.02. The van der Waals surface area contributed by atoms with Crippen LogP contribution in [0.1, 0.15) is 0 Å². The molecule has 0 radical (unpaired) electrons. The molecule has 0 aromatic rings. The highest BCUT2D eigenvalue weighted by Crippen LogP contribution is 1.94. The van der Waals surface area contributed by atoms with E-state index < -0.39 is 18.0 Å². The molecule has 0 unspecified atom stereocenters. The molecule has 0 aromatic carbocycles. The van der Waals surface area contributed by atoms with Crippen molar-refractivity contribution in [3.63, 3.8) is 0 Å². The Morgan fingerprint density at radius 1 is 1.18 bits per heavy atom. The van der Waals surface area contributed by atoms with E-state index in [0.717, 1.165) is 0 Å². The van der Waals surface area contributed by atoms with Gasteiger partial charge in [-0.05, 0) is 0 Å². The van der Waals surface area contributed by atoms with Crippen molar-refractivity contribution in [2.45, 2.75) is 6.04 Å². The molecule has 1 saturated heterocycles. The SMILES string of the molecule is Cl.NC1COC(=O)C(=O)OC1. The molecule has 1 heterocycles. The number of ether oxygens (including phenoxy) is 2. The van der Waals surface area contributed by atoms with E-state index in [1.165, 1.54) is 0 Å². The number of hydrogen-bond donors (Lipinski definition) is 1. The maximum Gasteiger partial charge on any atom is 0.417 e. The van der Waals surface area contributed by atoms with E-state index >= 15 is 0 Å². The van der Waals surface area contributed by atoms with Gasteiger partial charge in [-0.3, -0.25) is 0 Å². The maximum atomic E-state index is 10.4. The molecule has 1 aliphatic rings. The molecule has 0 atom stereocenters. The zero-order valence-corrected chi connectivity index (χ0v) is 6.43. The topological polar surface area (TPSA) is 78.6 Å². The van der Waals surface area contributed by atoms with Crippen molar-refractivity contribution < 1.29 is 19.1 Å². The molecule has 0 aromatic heterocycles. The normalized spacial score (nSPS) is 19.4. The Kier molecular flexibility index (Phi) is 3.84. The van der Waals surface area contributed by atoms with Crippen molar-refractivity contribution in [1.29, 1.82) is 0 Å². The molecule has 0 bridgehead atoms. The third-order valence-corrected chi connectivity index (χ3v) is 1.02. The molecule has 0 spiro atoms. The highest BCUT2D eigenvalue weighted by molar-refractivity contribution is 6.29. The van der Waals surface area contributed by atoms with Crippen molar-refractivity contribution >= 4 is 24.3 Å². The Morgan fingerprint density at radius 3 is 1.91 bits per heavy atom. The van der Waals surface area contributed by atoms with Crippen molar-refractivity contribution in [3.05, 3.63) is 0 Å². The molecule has 11 heavy (non-hydrogen) atoms. The van der Waals surface area contributed by atoms with Crippen LogP contribution < -0.4 is 5.73 Å². The van der Waals surface area contributed by atoms with Gasteiger partial charge in [0.25, 0.3) is 0 Å². The number of rotatable bonds is 0. The van der Waals surface area contributed by atoms with Gasteiger partial charge in [-0.15, -0.1) is 12.4 Å². The van der Waals surface area contributed by atoms with Crippen LogP contribution in [0.3, 0.4) is 0 Å². The summed E-state index contributed by atoms with van der Waals surface area (Å²) in [6.07, 6.45) is 0. The zero-order chi connectivity index (χ0) is 7.56. The minimum Gasteiger partial charge on any atom is -0.455 e. The molecule has 0 aliphatic carbocycles. The van der Waals surface area contributed by atoms with Gasteiger partial charge in [-0.2, -0.15) is 0 Å². The molecule has 0 saturated carbocycles. The Balaban J connectivity index is 0.000001000. The Morgan fingerprint density at radius 2 is 1.55 bits per heavy atom. The molecule has 0 amide bonds. The highest BCUT2D eigenvalue weighted by Gasteiger charge is 2.23. The zero-order valence-electron chi connectivity index (χ0n) is 5.61. The first-order valence-corrected chi connectivity index (χ1v) is 2.79. The van der Waals surface area contributed by atoms with E-state index in [-0.39, 0.29) is 25.6 Å². The predicted octanol–water partition coefficient (Wildman–Crippen LogP) is -1.16. The van der Waals surface area contributed by atoms with Crippen LogP contribution in [0, 0.1) is 0 Å². The first-order valence-electron chi connectivity index (χ1n) is 2.79. The second-order valence-corrected chi connectivity index (χ2v) is 1.96. The van der Waals surface area contributed by atoms with Crippen LogP contribution in [0.4, 0.5) is 0 Å². The van der Waals surface area contributed by atoms with Crippen LogP contribution in [0.2, 0.25) is 0 Å². The number of nitrogens with two attached hydrogens (primary N) is 1. The minimum absolute atomic E-state index is 0. The molecule has 6 heteroatoms. The summed E-state index contributed by atoms with van der Waals surface area (Å²) in [4.78, 5) is 20.8. The Hall–Kier alpha value is -0.810. The third-order valence-electron chi connectivity index (χ3n) is 1.02. The maximum absolute atomic E-state index is 10.4. The van der Waals surface area contributed by atoms with Gasteiger partial charge in [0.1, 0.15) is 13.2 Å². The van der Waals surface area contributed by atoms with Gasteiger partial charge in [-0.1, -0.05) is 0 Å². The van der Waals surface area contributed by atoms with Crippen molar-refractivity contribution in [1.82, 2.24) is 0 Å². The van der Waals surface area contributed by atoms with E-state index in [1.807, 2.05) is 0 Å². The molecule has 1 fully saturated rings. The van der Waals surface area contributed by atoms with Crippen molar-refractivity contribution in [2.75, 3.05) is 13.2 Å². The van der Waals surface area contributed by atoms with E-state index in [4.69, 9.17) is 5.73 Å². The van der Waals surface area contributed by atoms with Crippen LogP contribution in [-0.2, 0) is 19.1 Å². The van der Waals surface area contributed by atoms with Crippen LogP contribution in [0.5, 0.6) is 0 Å². The highest BCUT2D eigenvalue weighted by atomic mass is 35.5. The van der Waals surface area contributed by atoms with Gasteiger partial charge in [0.2, 0.25) is 0 Å². The van der Waals surface area contributed by atoms with Gasteiger partial charge in [-0.25, -0.2) is 9.59 Å². The summed E-state index contributed by atoms with van der Waals surface area (Å²) in [6, 6.07) is -0.393. The fraction of sp³-hybridized carbons (Fsp3) is 0.600. The van der Waals surface area contributed by atoms with Gasteiger partial charge in [0.05, 0.1) is 6.04 Å². The van der Waals surface area contributed by atoms with Crippen LogP contribution in [-0.4, -0.2) is 31.2 Å². The van der Waals surface area contributed by atoms with E-state index in [0.29, 0.717) is 0 Å². The second kappa shape index (κ2) is 4.15. The summed E-state index contributed by atoms with van der Waals surface area (Å²) in [5.74, 6) is -1.93. The molecule has 2 N–H and O–H groups in total. The first-order chi connectivity index (χ1) is 4.70. The average molecular weight is 182 g/mol. The van der Waals surface area contributed by atoms with Gasteiger partial charge >= 0.3 is 11.9 Å². The fourth-order valence-electron chi connectivity index (χ4n) is 0.531. The third kappa shape index (κ3) is 2.73. The summed E-state index contributed by atoms with van der Waals surface area (Å²) in [5.41, 5.74) is 5.30. The van der Waals surface area contributed by atoms with E-state index in [2.05, 4.69) is 9.47 Å². The monoisotopic (exact) mass is 181 g/mol. The van der Waals surface area contributed by atoms with Crippen LogP contribution in [0.15, 0.2) is 0 Å². The summed E-state index contributed by atoms with van der Waals surface area (Å²) >= 11 is 0. The number of carbonyl (C=O) groups is 2. The van der Waals surface area contributed by atoms with Gasteiger partial charge < -0.3 is 15.2 Å². The second-order valence-electron chi connectivity index (χ2n) is 1.96. The van der Waals surface area contributed by atoms with Crippen LogP contribution in [0.25, 0.3) is 0 Å². The molecule has 64 valence electrons. The summed E-state index contributed by atoms with van der Waals surface area (Å²) in [7, 11) is 0. The van der Waals surface area contributed by atoms with E-state index in [9.17, 15) is 9.59 Å². The summed E-state index contributed by atoms with van der Waals surface area (Å²) in [6.45, 7) is 0.0924. The number of cyclic esters (lactones) is 2. The first kappa shape index (κ1) is 10.2. The average Bonchev–Trinajstić information content (AvgIpc) is 2.04. The Labute approximate surface area is 69.2 Å². The lowest BCUT2D eigenvalue weighted by atomic mass is 10.4. The van der Waals surface area contributed by atoms with E-state index in [1.54, 1.807) is 0 Å². The molecule has 1 aliphatic heterocycles. The standard InChI is InChI=1S/C5H7NO4.ClH/c6-3-1-9-4(7)5(8)10-2-3;/h3H,1-2,6H2;1H. The molecule has 5 nitrogen and oxygen atoms in total. The number of hydrogen-bond acceptors (Lipinski definition) is 5. The van der Waals surface area contributed by atoms with Gasteiger partial charge in [0.15, 0.2) is 0 Å². The van der Waals surface area contributed by atoms with Crippen molar-refractivity contribution in [2.24, 2.45) is 5.73 Å². The minimum atomic E-state index is -0.965. The fourth-order valence-corrected chi connectivity index (χ4v) is 0.531. The lowest BCUT2D eigenvalue weighted by molar-refractivity contribution is -0.164. The van der Waals surface area contributed by atoms with Crippen LogP contribution >= 0.6 is 12.4 Å². The van der Waals surface area contributed by atoms with Crippen molar-refractivity contribution in [3.8, 4) is 0 Å². The summed E-state index contributed by atoms with van der Waals surface area (Å²) in [5, 5.41) is 0. The predicted molar refractivity (Wildman–Crippen MR) is 37.1 cm³/mol. The molecule has 1 rings (SSSR count). The van der Waals surface area contributed by atoms with Gasteiger partial charge in [0, 0.05) is 0 Å².